The van der Waals surface area contributed by atoms with Crippen molar-refractivity contribution in [1.82, 2.24) is 10.2 Å². The number of hydrogen-bond acceptors (Lipinski definition) is 4. The number of carboxylic acid groups (broad SMARTS) is 1. The number of carbonyl (C=O) groups excluding carboxylic acids is 2. The molecule has 5 N–H and O–H groups in total. The van der Waals surface area contributed by atoms with Crippen LogP contribution in [0, 0.1) is 0 Å². The molecule has 18 heavy (non-hydrogen) atoms. The van der Waals surface area contributed by atoms with Crippen LogP contribution in [0.2, 0.25) is 0 Å². The maximum atomic E-state index is 11.9. The quantitative estimate of drug-likeness (QED) is 0.488. The molecule has 102 valence electrons. The van der Waals surface area contributed by atoms with Crippen molar-refractivity contribution in [1.29, 1.82) is 0 Å². The number of rotatable bonds is 3. The van der Waals surface area contributed by atoms with Gasteiger partial charge in [-0.2, -0.15) is 0 Å². The van der Waals surface area contributed by atoms with Crippen molar-refractivity contribution >= 4 is 17.9 Å². The summed E-state index contributed by atoms with van der Waals surface area (Å²) in [6, 6.07) is -1.83. The number of β-amino-alcohol motifs (C(OH)–C–C–N with tert-alkyl or cyclic N) is 1. The van der Waals surface area contributed by atoms with Crippen LogP contribution in [0.15, 0.2) is 0 Å². The van der Waals surface area contributed by atoms with E-state index in [0.29, 0.717) is 0 Å². The highest BCUT2D eigenvalue weighted by Gasteiger charge is 2.41. The maximum absolute atomic E-state index is 11.9. The molecule has 0 radical (unpaired) electrons. The highest BCUT2D eigenvalue weighted by atomic mass is 16.4. The lowest BCUT2D eigenvalue weighted by Gasteiger charge is -2.28. The fourth-order valence-electron chi connectivity index (χ4n) is 1.67. The van der Waals surface area contributed by atoms with Gasteiger partial charge in [0.15, 0.2) is 0 Å². The van der Waals surface area contributed by atoms with E-state index in [4.69, 9.17) is 10.8 Å². The zero-order chi connectivity index (χ0) is 14.1. The molecular formula is C10H17N3O5. The summed E-state index contributed by atoms with van der Waals surface area (Å²) in [6.07, 6.45) is -0.909. The summed E-state index contributed by atoms with van der Waals surface area (Å²) in [4.78, 5) is 34.9. The molecule has 2 atom stereocenters. The Kier molecular flexibility index (Phi) is 3.80. The van der Waals surface area contributed by atoms with Gasteiger partial charge in [-0.25, -0.2) is 9.59 Å². The van der Waals surface area contributed by atoms with Crippen molar-refractivity contribution in [2.45, 2.75) is 38.0 Å². The molecule has 0 spiro atoms. The largest absolute Gasteiger partial charge is 0.480 e. The molecule has 8 heteroatoms. The van der Waals surface area contributed by atoms with Crippen molar-refractivity contribution in [3.8, 4) is 0 Å². The molecule has 0 saturated carbocycles. The summed E-state index contributed by atoms with van der Waals surface area (Å²) >= 11 is 0. The Labute approximate surface area is 104 Å². The molecule has 0 aromatic carbocycles. The van der Waals surface area contributed by atoms with E-state index in [1.165, 1.54) is 13.8 Å². The second-order valence-corrected chi connectivity index (χ2v) is 4.82. The Bertz CT molecular complexity index is 382. The predicted octanol–water partition coefficient (Wildman–Crippen LogP) is -1.52. The van der Waals surface area contributed by atoms with Crippen LogP contribution < -0.4 is 11.1 Å². The van der Waals surface area contributed by atoms with Gasteiger partial charge in [0.05, 0.1) is 6.10 Å². The number of aliphatic carboxylic acids is 1. The number of aliphatic hydroxyl groups is 1. The molecule has 8 nitrogen and oxygen atoms in total. The van der Waals surface area contributed by atoms with Gasteiger partial charge in [0.1, 0.15) is 11.6 Å². The van der Waals surface area contributed by atoms with Gasteiger partial charge in [-0.1, -0.05) is 0 Å². The summed E-state index contributed by atoms with van der Waals surface area (Å²) < 4.78 is 0. The monoisotopic (exact) mass is 259 g/mol. The minimum Gasteiger partial charge on any atom is -0.480 e. The van der Waals surface area contributed by atoms with Crippen molar-refractivity contribution in [2.24, 2.45) is 5.73 Å². The molecule has 0 aromatic heterocycles. The first-order valence-corrected chi connectivity index (χ1v) is 5.44. The molecule has 1 fully saturated rings. The molecule has 1 aliphatic rings. The van der Waals surface area contributed by atoms with Gasteiger partial charge in [-0.3, -0.25) is 4.79 Å². The number of nitrogens with one attached hydrogen (secondary N) is 1. The molecule has 1 aliphatic heterocycles. The number of urea groups is 1. The molecule has 0 aliphatic carbocycles. The van der Waals surface area contributed by atoms with E-state index in [0.717, 1.165) is 4.90 Å². The van der Waals surface area contributed by atoms with Crippen LogP contribution in [-0.2, 0) is 9.59 Å². The molecule has 1 saturated heterocycles. The molecular weight excluding hydrogens is 242 g/mol. The van der Waals surface area contributed by atoms with Crippen LogP contribution in [0.1, 0.15) is 20.3 Å². The molecule has 0 bridgehead atoms. The van der Waals surface area contributed by atoms with Gasteiger partial charge in [0, 0.05) is 13.0 Å². The number of primary amides is 1. The van der Waals surface area contributed by atoms with Gasteiger partial charge in [0.25, 0.3) is 0 Å². The first-order valence-electron chi connectivity index (χ1n) is 5.44. The van der Waals surface area contributed by atoms with Crippen LogP contribution in [0.5, 0.6) is 0 Å². The molecule has 0 aromatic rings. The van der Waals surface area contributed by atoms with E-state index in [2.05, 4.69) is 5.32 Å². The Morgan fingerprint density at radius 3 is 2.39 bits per heavy atom. The number of nitrogens with two attached hydrogens (primary N) is 1. The lowest BCUT2D eigenvalue weighted by Crippen LogP contribution is -2.58. The van der Waals surface area contributed by atoms with E-state index >= 15 is 0 Å². The highest BCUT2D eigenvalue weighted by molar-refractivity contribution is 5.90. The number of hydrogen-bond donors (Lipinski definition) is 4. The van der Waals surface area contributed by atoms with Gasteiger partial charge in [-0.05, 0) is 13.8 Å². The number of carboxylic acids is 1. The molecule has 1 heterocycles. The Balaban J connectivity index is 2.78. The first-order chi connectivity index (χ1) is 8.15. The summed E-state index contributed by atoms with van der Waals surface area (Å²) in [6.45, 7) is 2.74. The number of aliphatic hydroxyl groups excluding tert-OH is 1. The van der Waals surface area contributed by atoms with Crippen molar-refractivity contribution in [3.63, 3.8) is 0 Å². The predicted molar refractivity (Wildman–Crippen MR) is 60.6 cm³/mol. The third kappa shape index (κ3) is 2.89. The average Bonchev–Trinajstić information content (AvgIpc) is 2.59. The van der Waals surface area contributed by atoms with Gasteiger partial charge in [-0.15, -0.1) is 0 Å². The van der Waals surface area contributed by atoms with Gasteiger partial charge >= 0.3 is 12.0 Å². The third-order valence-corrected chi connectivity index (χ3v) is 2.86. The molecule has 0 unspecified atom stereocenters. The van der Waals surface area contributed by atoms with Crippen LogP contribution in [0.25, 0.3) is 0 Å². The zero-order valence-electron chi connectivity index (χ0n) is 10.2. The van der Waals surface area contributed by atoms with Crippen molar-refractivity contribution in [2.75, 3.05) is 6.54 Å². The Morgan fingerprint density at radius 2 is 1.94 bits per heavy atom. The van der Waals surface area contributed by atoms with Gasteiger partial charge < -0.3 is 26.2 Å². The van der Waals surface area contributed by atoms with E-state index < -0.39 is 35.6 Å². The fraction of sp³-hybridized carbons (Fsp3) is 0.700. The molecule has 3 amide bonds. The van der Waals surface area contributed by atoms with Crippen LogP contribution in [0.3, 0.4) is 0 Å². The minimum absolute atomic E-state index is 0.0280. The van der Waals surface area contributed by atoms with E-state index in [9.17, 15) is 19.5 Å². The normalized spacial score (nSPS) is 23.8. The van der Waals surface area contributed by atoms with Crippen molar-refractivity contribution < 1.29 is 24.6 Å². The summed E-state index contributed by atoms with van der Waals surface area (Å²) in [5, 5.41) is 20.7. The van der Waals surface area contributed by atoms with Crippen LogP contribution in [-0.4, -0.2) is 57.3 Å². The third-order valence-electron chi connectivity index (χ3n) is 2.86. The topological polar surface area (TPSA) is 133 Å². The second kappa shape index (κ2) is 4.81. The first kappa shape index (κ1) is 14.2. The number of amides is 3. The van der Waals surface area contributed by atoms with E-state index in [-0.39, 0.29) is 13.0 Å². The lowest BCUT2D eigenvalue weighted by molar-refractivity contribution is -0.141. The van der Waals surface area contributed by atoms with Crippen LogP contribution >= 0.6 is 0 Å². The summed E-state index contributed by atoms with van der Waals surface area (Å²) in [7, 11) is 0. The standard InChI is InChI=1S/C10H17N3O5/c1-10(2,8(11)17)12-9(18)13-4-5(14)3-6(13)7(15)16/h5-6,14H,3-4H2,1-2H3,(H2,11,17)(H,12,18)(H,15,16)/t5-,6-/m0/s1. The van der Waals surface area contributed by atoms with Crippen molar-refractivity contribution in [3.05, 3.63) is 0 Å². The fourth-order valence-corrected chi connectivity index (χ4v) is 1.67. The minimum atomic E-state index is -1.28. The Hall–Kier alpha value is -1.83. The van der Waals surface area contributed by atoms with E-state index in [1.807, 2.05) is 0 Å². The lowest BCUT2D eigenvalue weighted by atomic mass is 10.1. The SMILES string of the molecule is CC(C)(NC(=O)N1C[C@@H](O)C[C@H]1C(=O)O)C(N)=O. The zero-order valence-corrected chi connectivity index (χ0v) is 10.2. The second-order valence-electron chi connectivity index (χ2n) is 4.82. The number of likely N-dealkylation sites (tertiary alicyclic amines) is 1. The number of carbonyl (C=O) groups is 3. The number of nitrogens with zero attached hydrogens (tertiary/aromatic N) is 1. The smallest absolute Gasteiger partial charge is 0.326 e. The molecule has 1 rings (SSSR count). The maximum Gasteiger partial charge on any atom is 0.326 e. The van der Waals surface area contributed by atoms with Gasteiger partial charge in [0.2, 0.25) is 5.91 Å². The van der Waals surface area contributed by atoms with Crippen LogP contribution in [0.4, 0.5) is 4.79 Å². The highest BCUT2D eigenvalue weighted by Crippen LogP contribution is 2.19. The summed E-state index contributed by atoms with van der Waals surface area (Å²) in [5.74, 6) is -1.93. The van der Waals surface area contributed by atoms with E-state index in [1.54, 1.807) is 0 Å². The average molecular weight is 259 g/mol. The Morgan fingerprint density at radius 1 is 1.39 bits per heavy atom. The summed E-state index contributed by atoms with van der Waals surface area (Å²) in [5.41, 5.74) is 3.82.